The van der Waals surface area contributed by atoms with E-state index in [-0.39, 0.29) is 24.6 Å². The fraction of sp³-hybridized carbons (Fsp3) is 0.233. The molecule has 2 amide bonds. The van der Waals surface area contributed by atoms with Crippen LogP contribution in [0.2, 0.25) is 0 Å². The Morgan fingerprint density at radius 3 is 2.60 bits per heavy atom. The van der Waals surface area contributed by atoms with Crippen molar-refractivity contribution in [3.8, 4) is 5.75 Å². The molecule has 206 valence electrons. The van der Waals surface area contributed by atoms with Crippen molar-refractivity contribution in [2.45, 2.75) is 32.7 Å². The second-order valence-electron chi connectivity index (χ2n) is 9.99. The topological polar surface area (TPSA) is 101 Å². The zero-order chi connectivity index (χ0) is 28.4. The van der Waals surface area contributed by atoms with Crippen molar-refractivity contribution in [3.63, 3.8) is 0 Å². The van der Waals surface area contributed by atoms with Crippen LogP contribution >= 0.6 is 11.3 Å². The van der Waals surface area contributed by atoms with Crippen molar-refractivity contribution in [1.29, 1.82) is 0 Å². The molecule has 4 aromatic rings. The van der Waals surface area contributed by atoms with Crippen LogP contribution in [-0.4, -0.2) is 41.0 Å². The summed E-state index contributed by atoms with van der Waals surface area (Å²) in [6, 6.07) is 14.3. The van der Waals surface area contributed by atoms with Crippen molar-refractivity contribution < 1.29 is 28.2 Å². The van der Waals surface area contributed by atoms with Crippen LogP contribution in [-0.2, 0) is 21.5 Å². The van der Waals surface area contributed by atoms with E-state index in [1.54, 1.807) is 19.1 Å². The van der Waals surface area contributed by atoms with Crippen molar-refractivity contribution in [3.05, 3.63) is 93.7 Å². The van der Waals surface area contributed by atoms with E-state index in [2.05, 4.69) is 10.3 Å². The van der Waals surface area contributed by atoms with E-state index < -0.39 is 23.3 Å². The SMILES string of the molecule is CCOC(=O)C1=CN(C(=O)c2ccc(F)cc2)CC(C)(C)c2c1[nH]c1cc(OC(=O)NCc3cccs3)ccc21. The molecule has 2 N–H and O–H groups in total. The Bertz CT molecular complexity index is 1610. The van der Waals surface area contributed by atoms with Crippen molar-refractivity contribution in [2.75, 3.05) is 13.2 Å². The van der Waals surface area contributed by atoms with Gasteiger partial charge in [-0.05, 0) is 60.3 Å². The maximum Gasteiger partial charge on any atom is 0.412 e. The summed E-state index contributed by atoms with van der Waals surface area (Å²) in [5.74, 6) is -1.07. The van der Waals surface area contributed by atoms with Crippen LogP contribution in [0.3, 0.4) is 0 Å². The molecule has 0 atom stereocenters. The zero-order valence-electron chi connectivity index (χ0n) is 22.2. The maximum atomic E-state index is 13.5. The Balaban J connectivity index is 1.50. The van der Waals surface area contributed by atoms with Gasteiger partial charge < -0.3 is 24.7 Å². The average molecular weight is 562 g/mol. The smallest absolute Gasteiger partial charge is 0.412 e. The summed E-state index contributed by atoms with van der Waals surface area (Å²) in [7, 11) is 0. The number of benzene rings is 2. The van der Waals surface area contributed by atoms with Crippen molar-refractivity contribution >= 4 is 45.8 Å². The minimum atomic E-state index is -0.617. The zero-order valence-corrected chi connectivity index (χ0v) is 23.1. The van der Waals surface area contributed by atoms with E-state index in [1.807, 2.05) is 37.4 Å². The Kier molecular flexibility index (Phi) is 7.44. The third-order valence-corrected chi connectivity index (χ3v) is 7.49. The van der Waals surface area contributed by atoms with E-state index in [9.17, 15) is 18.8 Å². The normalized spacial score (nSPS) is 14.2. The molecule has 0 fully saturated rings. The number of fused-ring (bicyclic) bond motifs is 3. The predicted molar refractivity (Wildman–Crippen MR) is 151 cm³/mol. The van der Waals surface area contributed by atoms with Crippen LogP contribution in [0.1, 0.15) is 47.3 Å². The number of halogens is 1. The Labute approximate surface area is 234 Å². The number of amides is 2. The summed E-state index contributed by atoms with van der Waals surface area (Å²) in [4.78, 5) is 44.7. The molecular formula is C30H28FN3O5S. The molecule has 1 aliphatic rings. The molecule has 0 unspecified atom stereocenters. The molecule has 0 saturated heterocycles. The number of esters is 1. The number of carbonyl (C=O) groups is 3. The van der Waals surface area contributed by atoms with Gasteiger partial charge >= 0.3 is 12.1 Å². The van der Waals surface area contributed by atoms with Gasteiger partial charge in [0.1, 0.15) is 11.6 Å². The number of hydrogen-bond acceptors (Lipinski definition) is 6. The summed E-state index contributed by atoms with van der Waals surface area (Å²) in [5, 5.41) is 5.48. The monoisotopic (exact) mass is 561 g/mol. The van der Waals surface area contributed by atoms with Crippen LogP contribution in [0.5, 0.6) is 5.75 Å². The van der Waals surface area contributed by atoms with Crippen molar-refractivity contribution in [1.82, 2.24) is 15.2 Å². The van der Waals surface area contributed by atoms with Gasteiger partial charge in [-0.25, -0.2) is 14.0 Å². The van der Waals surface area contributed by atoms with Gasteiger partial charge in [0.2, 0.25) is 0 Å². The summed E-state index contributed by atoms with van der Waals surface area (Å²) >= 11 is 1.54. The highest BCUT2D eigenvalue weighted by atomic mass is 32.1. The number of nitrogens with zero attached hydrogens (tertiary/aromatic N) is 1. The molecular weight excluding hydrogens is 533 g/mol. The number of ether oxygens (including phenoxy) is 2. The second kappa shape index (κ2) is 11.0. The quantitative estimate of drug-likeness (QED) is 0.282. The van der Waals surface area contributed by atoms with E-state index >= 15 is 0 Å². The molecule has 2 aromatic heterocycles. The Morgan fingerprint density at radius 1 is 1.12 bits per heavy atom. The third-order valence-electron chi connectivity index (χ3n) is 6.61. The minimum Gasteiger partial charge on any atom is -0.462 e. The standard InChI is InChI=1S/C30H28FN3O5S/c1-4-38-28(36)23-16-34(27(35)18-7-9-19(31)10-8-18)17-30(2,3)25-22-12-11-20(14-24(22)33-26(23)25)39-29(37)32-15-21-6-5-13-40-21/h5-14,16,33H,4,15,17H2,1-3H3,(H,32,37). The van der Waals surface area contributed by atoms with Gasteiger partial charge in [0, 0.05) is 45.6 Å². The van der Waals surface area contributed by atoms with Gasteiger partial charge in [-0.15, -0.1) is 11.3 Å². The first-order valence-electron chi connectivity index (χ1n) is 12.8. The van der Waals surface area contributed by atoms with Crippen LogP contribution in [0.25, 0.3) is 16.5 Å². The molecule has 3 heterocycles. The van der Waals surface area contributed by atoms with Crippen LogP contribution < -0.4 is 10.1 Å². The maximum absolute atomic E-state index is 13.5. The second-order valence-corrected chi connectivity index (χ2v) is 11.0. The first kappa shape index (κ1) is 27.1. The Morgan fingerprint density at radius 2 is 1.90 bits per heavy atom. The molecule has 10 heteroatoms. The number of nitrogens with one attached hydrogen (secondary N) is 2. The van der Waals surface area contributed by atoms with E-state index in [4.69, 9.17) is 9.47 Å². The molecule has 0 spiro atoms. The summed E-state index contributed by atoms with van der Waals surface area (Å²) < 4.78 is 24.3. The highest BCUT2D eigenvalue weighted by Gasteiger charge is 2.37. The number of rotatable bonds is 6. The fourth-order valence-corrected chi connectivity index (χ4v) is 5.53. The number of hydrogen-bond donors (Lipinski definition) is 2. The minimum absolute atomic E-state index is 0.152. The van der Waals surface area contributed by atoms with Gasteiger partial charge in [-0.2, -0.15) is 0 Å². The van der Waals surface area contributed by atoms with Gasteiger partial charge in [0.25, 0.3) is 5.91 Å². The first-order valence-corrected chi connectivity index (χ1v) is 13.6. The molecule has 0 bridgehead atoms. The number of carbonyl (C=O) groups excluding carboxylic acids is 3. The van der Waals surface area contributed by atoms with Crippen LogP contribution in [0, 0.1) is 5.82 Å². The largest absolute Gasteiger partial charge is 0.462 e. The van der Waals surface area contributed by atoms with E-state index in [0.717, 1.165) is 15.8 Å². The fourth-order valence-electron chi connectivity index (χ4n) is 4.88. The van der Waals surface area contributed by atoms with E-state index in [0.29, 0.717) is 29.1 Å². The molecule has 40 heavy (non-hydrogen) atoms. The number of thiophene rings is 1. The summed E-state index contributed by atoms with van der Waals surface area (Å²) in [6.07, 6.45) is 0.908. The summed E-state index contributed by atoms with van der Waals surface area (Å²) in [5.41, 5.74) is 1.87. The molecule has 2 aromatic carbocycles. The lowest BCUT2D eigenvalue weighted by Crippen LogP contribution is -2.37. The molecule has 0 saturated carbocycles. The Hall–Kier alpha value is -4.44. The lowest BCUT2D eigenvalue weighted by molar-refractivity contribution is -0.136. The van der Waals surface area contributed by atoms with Crippen LogP contribution in [0.15, 0.2) is 66.2 Å². The number of H-pyrrole nitrogens is 1. The van der Waals surface area contributed by atoms with Gasteiger partial charge in [0.05, 0.1) is 24.4 Å². The summed E-state index contributed by atoms with van der Waals surface area (Å²) in [6.45, 7) is 6.43. The van der Waals surface area contributed by atoms with Gasteiger partial charge in [-0.1, -0.05) is 19.9 Å². The lowest BCUT2D eigenvalue weighted by atomic mass is 9.81. The number of aromatic nitrogens is 1. The highest BCUT2D eigenvalue weighted by Crippen LogP contribution is 2.41. The van der Waals surface area contributed by atoms with Crippen LogP contribution in [0.4, 0.5) is 9.18 Å². The first-order chi connectivity index (χ1) is 19.2. The van der Waals surface area contributed by atoms with Crippen molar-refractivity contribution in [2.24, 2.45) is 0 Å². The van der Waals surface area contributed by atoms with Gasteiger partial charge in [-0.3, -0.25) is 4.79 Å². The number of aromatic amines is 1. The van der Waals surface area contributed by atoms with Gasteiger partial charge in [0.15, 0.2) is 0 Å². The molecule has 0 radical (unpaired) electrons. The molecule has 0 aliphatic carbocycles. The average Bonchev–Trinajstić information content (AvgIpc) is 3.55. The predicted octanol–water partition coefficient (Wildman–Crippen LogP) is 5.99. The highest BCUT2D eigenvalue weighted by molar-refractivity contribution is 7.09. The third kappa shape index (κ3) is 5.48. The molecule has 1 aliphatic heterocycles. The molecule has 8 nitrogen and oxygen atoms in total. The molecule has 5 rings (SSSR count). The van der Waals surface area contributed by atoms with E-state index in [1.165, 1.54) is 46.7 Å². The lowest BCUT2D eigenvalue weighted by Gasteiger charge is -2.29.